The maximum atomic E-state index is 12.2. The summed E-state index contributed by atoms with van der Waals surface area (Å²) in [5, 5.41) is 10.9. The number of para-hydroxylation sites is 1. The SMILES string of the molecule is Cc1ccc(OC2CCN(C(=O)Nc3ccccc3)CC2)nn1. The molecule has 6 heteroatoms. The minimum atomic E-state index is -0.0650. The van der Waals surface area contributed by atoms with Crippen LogP contribution in [0.15, 0.2) is 42.5 Å². The number of likely N-dealkylation sites (tertiary alicyclic amines) is 1. The van der Waals surface area contributed by atoms with Crippen LogP contribution in [0.1, 0.15) is 18.5 Å². The van der Waals surface area contributed by atoms with Crippen LogP contribution in [-0.4, -0.2) is 40.3 Å². The largest absolute Gasteiger partial charge is 0.473 e. The summed E-state index contributed by atoms with van der Waals surface area (Å²) in [4.78, 5) is 14.0. The van der Waals surface area contributed by atoms with Gasteiger partial charge in [0.25, 0.3) is 0 Å². The predicted molar refractivity (Wildman–Crippen MR) is 87.5 cm³/mol. The molecule has 1 aliphatic heterocycles. The summed E-state index contributed by atoms with van der Waals surface area (Å²) in [6, 6.07) is 13.1. The third-order valence-electron chi connectivity index (χ3n) is 3.82. The van der Waals surface area contributed by atoms with Gasteiger partial charge in [0.15, 0.2) is 0 Å². The first-order chi connectivity index (χ1) is 11.2. The second-order valence-corrected chi connectivity index (χ2v) is 5.61. The van der Waals surface area contributed by atoms with Crippen molar-refractivity contribution in [1.82, 2.24) is 15.1 Å². The number of hydrogen-bond donors (Lipinski definition) is 1. The Morgan fingerprint density at radius 2 is 1.87 bits per heavy atom. The molecule has 0 bridgehead atoms. The predicted octanol–water partition coefficient (Wildman–Crippen LogP) is 2.86. The molecule has 1 aromatic heterocycles. The topological polar surface area (TPSA) is 67.3 Å². The zero-order valence-corrected chi connectivity index (χ0v) is 13.1. The van der Waals surface area contributed by atoms with Crippen molar-refractivity contribution < 1.29 is 9.53 Å². The molecular formula is C17H20N4O2. The lowest BCUT2D eigenvalue weighted by molar-refractivity contribution is 0.110. The summed E-state index contributed by atoms with van der Waals surface area (Å²) in [6.45, 7) is 3.23. The Morgan fingerprint density at radius 1 is 1.13 bits per heavy atom. The van der Waals surface area contributed by atoms with Gasteiger partial charge in [-0.2, -0.15) is 5.10 Å². The third kappa shape index (κ3) is 4.18. The van der Waals surface area contributed by atoms with Crippen LogP contribution >= 0.6 is 0 Å². The van der Waals surface area contributed by atoms with Crippen molar-refractivity contribution in [2.24, 2.45) is 0 Å². The molecule has 0 saturated carbocycles. The molecule has 1 fully saturated rings. The molecule has 0 aliphatic carbocycles. The van der Waals surface area contributed by atoms with Crippen LogP contribution < -0.4 is 10.1 Å². The quantitative estimate of drug-likeness (QED) is 0.946. The Labute approximate surface area is 135 Å². The number of amides is 2. The number of benzene rings is 1. The van der Waals surface area contributed by atoms with E-state index in [2.05, 4.69) is 15.5 Å². The highest BCUT2D eigenvalue weighted by Crippen LogP contribution is 2.18. The molecule has 2 aromatic rings. The van der Waals surface area contributed by atoms with E-state index < -0.39 is 0 Å². The highest BCUT2D eigenvalue weighted by Gasteiger charge is 2.24. The zero-order chi connectivity index (χ0) is 16.1. The number of aromatic nitrogens is 2. The molecule has 0 spiro atoms. The van der Waals surface area contributed by atoms with Crippen molar-refractivity contribution in [2.45, 2.75) is 25.9 Å². The van der Waals surface area contributed by atoms with E-state index in [1.54, 1.807) is 0 Å². The summed E-state index contributed by atoms with van der Waals surface area (Å²) in [6.07, 6.45) is 1.66. The van der Waals surface area contributed by atoms with Crippen LogP contribution in [0.2, 0.25) is 0 Å². The molecule has 2 amide bonds. The summed E-state index contributed by atoms with van der Waals surface area (Å²) in [5.74, 6) is 0.544. The number of carbonyl (C=O) groups is 1. The van der Waals surface area contributed by atoms with Crippen LogP contribution in [0, 0.1) is 6.92 Å². The summed E-state index contributed by atoms with van der Waals surface area (Å²) < 4.78 is 5.82. The van der Waals surface area contributed by atoms with Crippen molar-refractivity contribution in [1.29, 1.82) is 0 Å². The molecule has 6 nitrogen and oxygen atoms in total. The Kier molecular flexibility index (Phi) is 4.71. The number of anilines is 1. The monoisotopic (exact) mass is 312 g/mol. The molecule has 23 heavy (non-hydrogen) atoms. The van der Waals surface area contributed by atoms with Crippen LogP contribution in [0.3, 0.4) is 0 Å². The lowest BCUT2D eigenvalue weighted by Gasteiger charge is -2.31. The summed E-state index contributed by atoms with van der Waals surface area (Å²) in [5.41, 5.74) is 1.68. The van der Waals surface area contributed by atoms with Gasteiger partial charge in [0.2, 0.25) is 5.88 Å². The second-order valence-electron chi connectivity index (χ2n) is 5.61. The number of carbonyl (C=O) groups excluding carboxylic acids is 1. The molecule has 0 unspecified atom stereocenters. The van der Waals surface area contributed by atoms with Gasteiger partial charge in [-0.05, 0) is 25.1 Å². The van der Waals surface area contributed by atoms with Crippen molar-refractivity contribution >= 4 is 11.7 Å². The standard InChI is InChI=1S/C17H20N4O2/c1-13-7-8-16(20-19-13)23-15-9-11-21(12-10-15)17(22)18-14-5-3-2-4-6-14/h2-8,15H,9-12H2,1H3,(H,18,22). The van der Waals surface area contributed by atoms with Crippen molar-refractivity contribution in [3.63, 3.8) is 0 Å². The zero-order valence-electron chi connectivity index (χ0n) is 13.1. The van der Waals surface area contributed by atoms with Gasteiger partial charge in [0.1, 0.15) is 6.10 Å². The first kappa shape index (κ1) is 15.3. The fourth-order valence-corrected chi connectivity index (χ4v) is 2.52. The molecule has 1 saturated heterocycles. The van der Waals surface area contributed by atoms with E-state index in [0.717, 1.165) is 24.2 Å². The van der Waals surface area contributed by atoms with E-state index >= 15 is 0 Å². The minimum Gasteiger partial charge on any atom is -0.473 e. The van der Waals surface area contributed by atoms with Gasteiger partial charge in [-0.15, -0.1) is 5.10 Å². The molecule has 0 atom stereocenters. The molecule has 0 radical (unpaired) electrons. The fourth-order valence-electron chi connectivity index (χ4n) is 2.52. The lowest BCUT2D eigenvalue weighted by atomic mass is 10.1. The lowest BCUT2D eigenvalue weighted by Crippen LogP contribution is -2.43. The summed E-state index contributed by atoms with van der Waals surface area (Å²) in [7, 11) is 0. The van der Waals surface area contributed by atoms with Gasteiger partial charge in [-0.3, -0.25) is 0 Å². The third-order valence-corrected chi connectivity index (χ3v) is 3.82. The van der Waals surface area contributed by atoms with E-state index in [1.807, 2.05) is 54.3 Å². The van der Waals surface area contributed by atoms with E-state index in [0.29, 0.717) is 19.0 Å². The van der Waals surface area contributed by atoms with Gasteiger partial charge in [-0.25, -0.2) is 4.79 Å². The Balaban J connectivity index is 1.48. The number of nitrogens with one attached hydrogen (secondary N) is 1. The van der Waals surface area contributed by atoms with Gasteiger partial charge < -0.3 is 15.0 Å². The first-order valence-corrected chi connectivity index (χ1v) is 7.79. The first-order valence-electron chi connectivity index (χ1n) is 7.79. The van der Waals surface area contributed by atoms with Crippen LogP contribution in [0.4, 0.5) is 10.5 Å². The minimum absolute atomic E-state index is 0.0650. The number of aryl methyl sites for hydroxylation is 1. The fraction of sp³-hybridized carbons (Fsp3) is 0.353. The van der Waals surface area contributed by atoms with Gasteiger partial charge >= 0.3 is 6.03 Å². The normalized spacial score (nSPS) is 15.3. The van der Waals surface area contributed by atoms with Gasteiger partial charge in [-0.1, -0.05) is 18.2 Å². The van der Waals surface area contributed by atoms with Crippen LogP contribution in [0.5, 0.6) is 5.88 Å². The number of hydrogen-bond acceptors (Lipinski definition) is 4. The van der Waals surface area contributed by atoms with Gasteiger partial charge in [0, 0.05) is 37.7 Å². The smallest absolute Gasteiger partial charge is 0.321 e. The molecule has 2 heterocycles. The Bertz CT molecular complexity index is 637. The van der Waals surface area contributed by atoms with Crippen LogP contribution in [-0.2, 0) is 0 Å². The average Bonchev–Trinajstić information content (AvgIpc) is 2.58. The molecule has 3 rings (SSSR count). The Morgan fingerprint density at radius 3 is 2.52 bits per heavy atom. The number of nitrogens with zero attached hydrogens (tertiary/aromatic N) is 3. The van der Waals surface area contributed by atoms with E-state index in [1.165, 1.54) is 0 Å². The van der Waals surface area contributed by atoms with Crippen molar-refractivity contribution in [3.05, 3.63) is 48.2 Å². The molecule has 1 N–H and O–H groups in total. The summed E-state index contributed by atoms with van der Waals surface area (Å²) >= 11 is 0. The molecule has 120 valence electrons. The number of piperidine rings is 1. The molecule has 1 aliphatic rings. The average molecular weight is 312 g/mol. The number of rotatable bonds is 3. The van der Waals surface area contributed by atoms with Gasteiger partial charge in [0.05, 0.1) is 5.69 Å². The van der Waals surface area contributed by atoms with Crippen LogP contribution in [0.25, 0.3) is 0 Å². The number of urea groups is 1. The molecular weight excluding hydrogens is 292 g/mol. The molecule has 1 aromatic carbocycles. The number of ether oxygens (including phenoxy) is 1. The van der Waals surface area contributed by atoms with E-state index in [4.69, 9.17) is 4.74 Å². The van der Waals surface area contributed by atoms with Crippen molar-refractivity contribution in [3.8, 4) is 5.88 Å². The maximum absolute atomic E-state index is 12.2. The van der Waals surface area contributed by atoms with Crippen molar-refractivity contribution in [2.75, 3.05) is 18.4 Å². The maximum Gasteiger partial charge on any atom is 0.321 e. The Hall–Kier alpha value is -2.63. The van der Waals surface area contributed by atoms with E-state index in [-0.39, 0.29) is 12.1 Å². The second kappa shape index (κ2) is 7.09. The van der Waals surface area contributed by atoms with E-state index in [9.17, 15) is 4.79 Å². The highest BCUT2D eigenvalue weighted by atomic mass is 16.5. The highest BCUT2D eigenvalue weighted by molar-refractivity contribution is 5.89.